The van der Waals surface area contributed by atoms with Gasteiger partial charge in [-0.15, -0.1) is 0 Å². The Morgan fingerprint density at radius 2 is 2.00 bits per heavy atom. The fraction of sp³-hybridized carbons (Fsp3) is 0.571. The molecule has 1 aliphatic rings. The van der Waals surface area contributed by atoms with Crippen LogP contribution >= 0.6 is 0 Å². The molecule has 1 aromatic rings. The number of benzene rings is 1. The maximum Gasteiger partial charge on any atom is 0.119 e. The molecule has 94 valence electrons. The second-order valence-corrected chi connectivity index (χ2v) is 4.87. The number of hydrogen-bond acceptors (Lipinski definition) is 3. The van der Waals surface area contributed by atoms with Gasteiger partial charge < -0.3 is 15.0 Å². The lowest BCUT2D eigenvalue weighted by molar-refractivity contribution is 0.164. The summed E-state index contributed by atoms with van der Waals surface area (Å²) in [5.41, 5.74) is 1.45. The fourth-order valence-corrected chi connectivity index (χ4v) is 2.60. The van der Waals surface area contributed by atoms with E-state index in [1.165, 1.54) is 5.56 Å². The Balaban J connectivity index is 2.27. The Morgan fingerprint density at radius 1 is 1.29 bits per heavy atom. The molecule has 1 N–H and O–H groups in total. The molecule has 0 amide bonds. The van der Waals surface area contributed by atoms with E-state index in [2.05, 4.69) is 42.5 Å². The van der Waals surface area contributed by atoms with Crippen molar-refractivity contribution < 1.29 is 4.74 Å². The molecule has 3 nitrogen and oxygen atoms in total. The normalized spacial score (nSPS) is 20.2. The molecular formula is C14H22N2O. The van der Waals surface area contributed by atoms with E-state index >= 15 is 0 Å². The van der Waals surface area contributed by atoms with Crippen LogP contribution in [0.3, 0.4) is 0 Å². The van der Waals surface area contributed by atoms with E-state index in [0.29, 0.717) is 0 Å². The highest BCUT2D eigenvalue weighted by atomic mass is 16.5. The van der Waals surface area contributed by atoms with Gasteiger partial charge in [-0.2, -0.15) is 0 Å². The van der Waals surface area contributed by atoms with Gasteiger partial charge in [-0.3, -0.25) is 0 Å². The second-order valence-electron chi connectivity index (χ2n) is 4.87. The van der Waals surface area contributed by atoms with Gasteiger partial charge in [0.1, 0.15) is 5.75 Å². The molecule has 1 heterocycles. The summed E-state index contributed by atoms with van der Waals surface area (Å²) in [7, 11) is 5.97. The number of methoxy groups -OCH3 is 1. The largest absolute Gasteiger partial charge is 0.497 e. The van der Waals surface area contributed by atoms with E-state index in [1.54, 1.807) is 7.11 Å². The van der Waals surface area contributed by atoms with Crippen LogP contribution in [0.2, 0.25) is 0 Å². The van der Waals surface area contributed by atoms with Gasteiger partial charge >= 0.3 is 0 Å². The Hall–Kier alpha value is -1.06. The van der Waals surface area contributed by atoms with Gasteiger partial charge in [0.05, 0.1) is 7.11 Å². The SMILES string of the molecule is CNC1(c2cccc(OC)c2)CCN(C)CC1. The smallest absolute Gasteiger partial charge is 0.119 e. The lowest BCUT2D eigenvalue weighted by atomic mass is 9.81. The third kappa shape index (κ3) is 2.45. The summed E-state index contributed by atoms with van der Waals surface area (Å²) >= 11 is 0. The van der Waals surface area contributed by atoms with Crippen LogP contribution in [0.5, 0.6) is 5.75 Å². The molecule has 0 aromatic heterocycles. The monoisotopic (exact) mass is 234 g/mol. The average molecular weight is 234 g/mol. The quantitative estimate of drug-likeness (QED) is 0.863. The lowest BCUT2D eigenvalue weighted by Gasteiger charge is -2.41. The molecule has 0 bridgehead atoms. The van der Waals surface area contributed by atoms with Gasteiger partial charge in [-0.05, 0) is 57.7 Å². The molecule has 17 heavy (non-hydrogen) atoms. The van der Waals surface area contributed by atoms with Crippen molar-refractivity contribution in [2.45, 2.75) is 18.4 Å². The fourth-order valence-electron chi connectivity index (χ4n) is 2.60. The van der Waals surface area contributed by atoms with E-state index < -0.39 is 0 Å². The zero-order valence-electron chi connectivity index (χ0n) is 11.0. The topological polar surface area (TPSA) is 24.5 Å². The molecule has 1 fully saturated rings. The Labute approximate surface area is 104 Å². The molecule has 1 aliphatic heterocycles. The first-order valence-corrected chi connectivity index (χ1v) is 6.22. The standard InChI is InChI=1S/C14H22N2O/c1-15-14(7-9-16(2)10-8-14)12-5-4-6-13(11-12)17-3/h4-6,11,15H,7-10H2,1-3H3. The highest BCUT2D eigenvalue weighted by molar-refractivity contribution is 5.34. The van der Waals surface area contributed by atoms with Gasteiger partial charge in [0, 0.05) is 5.54 Å². The zero-order valence-corrected chi connectivity index (χ0v) is 11.0. The van der Waals surface area contributed by atoms with Crippen molar-refractivity contribution in [1.82, 2.24) is 10.2 Å². The maximum absolute atomic E-state index is 5.32. The summed E-state index contributed by atoms with van der Waals surface area (Å²) < 4.78 is 5.32. The second kappa shape index (κ2) is 5.07. The third-order valence-electron chi connectivity index (χ3n) is 3.94. The number of hydrogen-bond donors (Lipinski definition) is 1. The molecule has 0 spiro atoms. The van der Waals surface area contributed by atoms with E-state index in [0.717, 1.165) is 31.7 Å². The predicted octanol–water partition coefficient (Wildman–Crippen LogP) is 1.84. The highest BCUT2D eigenvalue weighted by Crippen LogP contribution is 2.33. The summed E-state index contributed by atoms with van der Waals surface area (Å²) in [4.78, 5) is 2.38. The van der Waals surface area contributed by atoms with Crippen molar-refractivity contribution in [3.05, 3.63) is 29.8 Å². The molecule has 1 aromatic carbocycles. The van der Waals surface area contributed by atoms with E-state index in [9.17, 15) is 0 Å². The molecule has 0 unspecified atom stereocenters. The Kier molecular flexibility index (Phi) is 3.69. The van der Waals surface area contributed by atoms with Crippen molar-refractivity contribution in [1.29, 1.82) is 0 Å². The van der Waals surface area contributed by atoms with Crippen LogP contribution in [-0.2, 0) is 5.54 Å². The first-order chi connectivity index (χ1) is 8.20. The van der Waals surface area contributed by atoms with Crippen LogP contribution in [0.1, 0.15) is 18.4 Å². The molecule has 2 rings (SSSR count). The van der Waals surface area contributed by atoms with E-state index in [4.69, 9.17) is 4.74 Å². The molecule has 0 atom stereocenters. The van der Waals surface area contributed by atoms with Gasteiger partial charge in [0.15, 0.2) is 0 Å². The van der Waals surface area contributed by atoms with Gasteiger partial charge in [-0.25, -0.2) is 0 Å². The molecule has 0 radical (unpaired) electrons. The molecule has 1 saturated heterocycles. The van der Waals surface area contributed by atoms with Gasteiger partial charge in [0.25, 0.3) is 0 Å². The molecule has 3 heteroatoms. The van der Waals surface area contributed by atoms with Crippen molar-refractivity contribution in [3.63, 3.8) is 0 Å². The molecular weight excluding hydrogens is 212 g/mol. The first kappa shape index (κ1) is 12.4. The average Bonchev–Trinajstić information content (AvgIpc) is 2.40. The summed E-state index contributed by atoms with van der Waals surface area (Å²) in [6, 6.07) is 8.43. The molecule has 0 aliphatic carbocycles. The summed E-state index contributed by atoms with van der Waals surface area (Å²) in [5, 5.41) is 3.52. The van der Waals surface area contributed by atoms with Crippen molar-refractivity contribution in [3.8, 4) is 5.75 Å². The van der Waals surface area contributed by atoms with E-state index in [-0.39, 0.29) is 5.54 Å². The van der Waals surface area contributed by atoms with Crippen LogP contribution in [0.15, 0.2) is 24.3 Å². The Morgan fingerprint density at radius 3 is 2.59 bits per heavy atom. The number of piperidine rings is 1. The minimum absolute atomic E-state index is 0.112. The first-order valence-electron chi connectivity index (χ1n) is 6.22. The number of likely N-dealkylation sites (tertiary alicyclic amines) is 1. The molecule has 0 saturated carbocycles. The van der Waals surface area contributed by atoms with Crippen molar-refractivity contribution >= 4 is 0 Å². The van der Waals surface area contributed by atoms with Crippen LogP contribution in [0.25, 0.3) is 0 Å². The zero-order chi connectivity index (χ0) is 12.3. The predicted molar refractivity (Wildman–Crippen MR) is 70.5 cm³/mol. The summed E-state index contributed by atoms with van der Waals surface area (Å²) in [6.45, 7) is 2.27. The maximum atomic E-state index is 5.32. The van der Waals surface area contributed by atoms with Crippen molar-refractivity contribution in [2.75, 3.05) is 34.3 Å². The summed E-state index contributed by atoms with van der Waals surface area (Å²) in [5.74, 6) is 0.941. The summed E-state index contributed by atoms with van der Waals surface area (Å²) in [6.07, 6.45) is 2.29. The van der Waals surface area contributed by atoms with Crippen LogP contribution in [0, 0.1) is 0 Å². The van der Waals surface area contributed by atoms with Crippen molar-refractivity contribution in [2.24, 2.45) is 0 Å². The number of nitrogens with zero attached hydrogens (tertiary/aromatic N) is 1. The van der Waals surface area contributed by atoms with Crippen LogP contribution in [-0.4, -0.2) is 39.2 Å². The lowest BCUT2D eigenvalue weighted by Crippen LogP contribution is -2.48. The Bertz CT molecular complexity index is 370. The number of nitrogens with one attached hydrogen (secondary N) is 1. The third-order valence-corrected chi connectivity index (χ3v) is 3.94. The minimum Gasteiger partial charge on any atom is -0.497 e. The number of ether oxygens (including phenoxy) is 1. The highest BCUT2D eigenvalue weighted by Gasteiger charge is 2.33. The van der Waals surface area contributed by atoms with Gasteiger partial charge in [0.2, 0.25) is 0 Å². The number of rotatable bonds is 3. The van der Waals surface area contributed by atoms with Gasteiger partial charge in [-0.1, -0.05) is 12.1 Å². The van der Waals surface area contributed by atoms with Crippen LogP contribution < -0.4 is 10.1 Å². The van der Waals surface area contributed by atoms with Crippen LogP contribution in [0.4, 0.5) is 0 Å². The van der Waals surface area contributed by atoms with E-state index in [1.807, 2.05) is 6.07 Å². The minimum atomic E-state index is 0.112.